The summed E-state index contributed by atoms with van der Waals surface area (Å²) in [6.45, 7) is 4.91. The summed E-state index contributed by atoms with van der Waals surface area (Å²) in [4.78, 5) is 8.62. The molecule has 0 amide bonds. The summed E-state index contributed by atoms with van der Waals surface area (Å²) in [5.41, 5.74) is -4.18. The fourth-order valence-corrected chi connectivity index (χ4v) is 1.98. The van der Waals surface area contributed by atoms with Crippen LogP contribution in [0.5, 0.6) is 0 Å². The average Bonchev–Trinajstić information content (AvgIpc) is 2.34. The summed E-state index contributed by atoms with van der Waals surface area (Å²) in [7, 11) is 0. The molecule has 0 saturated carbocycles. The van der Waals surface area contributed by atoms with Crippen molar-refractivity contribution in [3.8, 4) is 0 Å². The Labute approximate surface area is 121 Å². The van der Waals surface area contributed by atoms with Crippen molar-refractivity contribution in [2.75, 3.05) is 29.5 Å². The zero-order valence-corrected chi connectivity index (χ0v) is 12.4. The second-order valence-electron chi connectivity index (χ2n) is 4.06. The molecule has 20 heavy (non-hydrogen) atoms. The van der Waals surface area contributed by atoms with Gasteiger partial charge in [-0.25, -0.2) is 9.97 Å². The molecule has 1 rings (SSSR count). The van der Waals surface area contributed by atoms with Crippen molar-refractivity contribution in [2.24, 2.45) is 0 Å². The minimum absolute atomic E-state index is 0.0398. The van der Waals surface area contributed by atoms with E-state index in [1.807, 2.05) is 13.8 Å². The van der Waals surface area contributed by atoms with E-state index < -0.39 is 5.51 Å². The Morgan fingerprint density at radius 1 is 1.15 bits per heavy atom. The first-order chi connectivity index (χ1) is 9.44. The molecule has 0 aromatic carbocycles. The van der Waals surface area contributed by atoms with Crippen molar-refractivity contribution in [3.63, 3.8) is 0 Å². The summed E-state index contributed by atoms with van der Waals surface area (Å²) in [6.07, 6.45) is 1.66. The Morgan fingerprint density at radius 3 is 2.35 bits per heavy atom. The molecule has 1 aromatic rings. The molecule has 0 saturated heterocycles. The number of aromatic nitrogens is 2. The molecule has 2 N–H and O–H groups in total. The molecule has 114 valence electrons. The van der Waals surface area contributed by atoms with Crippen molar-refractivity contribution in [2.45, 2.75) is 32.2 Å². The van der Waals surface area contributed by atoms with Crippen LogP contribution >= 0.6 is 11.8 Å². The lowest BCUT2D eigenvalue weighted by atomic mass is 10.3. The van der Waals surface area contributed by atoms with Crippen LogP contribution < -0.4 is 10.6 Å². The van der Waals surface area contributed by atoms with E-state index >= 15 is 0 Å². The van der Waals surface area contributed by atoms with Crippen LogP contribution in [0.4, 0.5) is 24.8 Å². The molecule has 0 radical (unpaired) electrons. The maximum absolute atomic E-state index is 12.0. The van der Waals surface area contributed by atoms with Crippen molar-refractivity contribution < 1.29 is 13.2 Å². The molecule has 0 spiro atoms. The molecule has 4 nitrogen and oxygen atoms in total. The highest BCUT2D eigenvalue weighted by Gasteiger charge is 2.27. The third-order valence-corrected chi connectivity index (χ3v) is 3.01. The molecular formula is C12H19F3N4S. The number of aryl methyl sites for hydroxylation is 1. The van der Waals surface area contributed by atoms with Crippen LogP contribution in [-0.4, -0.2) is 34.3 Å². The fraction of sp³-hybridized carbons (Fsp3) is 0.667. The monoisotopic (exact) mass is 308 g/mol. The third kappa shape index (κ3) is 6.83. The van der Waals surface area contributed by atoms with Gasteiger partial charge in [-0.1, -0.05) is 6.92 Å². The maximum Gasteiger partial charge on any atom is 0.441 e. The number of nitrogens with one attached hydrogen (secondary N) is 2. The minimum atomic E-state index is -4.18. The smallest absolute Gasteiger partial charge is 0.370 e. The molecular weight excluding hydrogens is 289 g/mol. The van der Waals surface area contributed by atoms with Crippen LogP contribution in [0.25, 0.3) is 0 Å². The van der Waals surface area contributed by atoms with Gasteiger partial charge in [-0.05, 0) is 25.1 Å². The van der Waals surface area contributed by atoms with E-state index in [1.165, 1.54) is 0 Å². The van der Waals surface area contributed by atoms with Crippen LogP contribution in [0.3, 0.4) is 0 Å². The molecule has 0 bridgehead atoms. The molecule has 0 aliphatic heterocycles. The van der Waals surface area contributed by atoms with E-state index in [1.54, 1.807) is 6.07 Å². The first-order valence-electron chi connectivity index (χ1n) is 6.51. The van der Waals surface area contributed by atoms with Crippen molar-refractivity contribution in [3.05, 3.63) is 11.9 Å². The van der Waals surface area contributed by atoms with Crippen molar-refractivity contribution in [1.29, 1.82) is 0 Å². The number of anilines is 2. The van der Waals surface area contributed by atoms with E-state index in [-0.39, 0.29) is 24.1 Å². The Hall–Kier alpha value is -1.18. The summed E-state index contributed by atoms with van der Waals surface area (Å²) in [6, 6.07) is 1.71. The molecule has 0 fully saturated rings. The van der Waals surface area contributed by atoms with E-state index in [0.717, 1.165) is 19.4 Å². The van der Waals surface area contributed by atoms with E-state index in [9.17, 15) is 13.2 Å². The van der Waals surface area contributed by atoms with Gasteiger partial charge in [0.2, 0.25) is 0 Å². The van der Waals surface area contributed by atoms with Crippen LogP contribution in [0.2, 0.25) is 0 Å². The number of hydrogen-bond donors (Lipinski definition) is 2. The van der Waals surface area contributed by atoms with Gasteiger partial charge in [-0.15, -0.1) is 0 Å². The molecule has 0 atom stereocenters. The Bertz CT molecular complexity index is 388. The van der Waals surface area contributed by atoms with Gasteiger partial charge < -0.3 is 10.6 Å². The summed E-state index contributed by atoms with van der Waals surface area (Å²) >= 11 is -0.0398. The lowest BCUT2D eigenvalue weighted by Crippen LogP contribution is -2.12. The second kappa shape index (κ2) is 8.18. The summed E-state index contributed by atoms with van der Waals surface area (Å²) in [5, 5.41) is 5.99. The maximum atomic E-state index is 12.0. The van der Waals surface area contributed by atoms with E-state index in [4.69, 9.17) is 0 Å². The Morgan fingerprint density at radius 2 is 1.80 bits per heavy atom. The van der Waals surface area contributed by atoms with Gasteiger partial charge in [0.25, 0.3) is 0 Å². The summed E-state index contributed by atoms with van der Waals surface area (Å²) < 4.78 is 36.0. The van der Waals surface area contributed by atoms with Gasteiger partial charge in [0.05, 0.1) is 0 Å². The van der Waals surface area contributed by atoms with E-state index in [2.05, 4.69) is 20.6 Å². The highest BCUT2D eigenvalue weighted by atomic mass is 32.2. The van der Waals surface area contributed by atoms with Crippen molar-refractivity contribution >= 4 is 23.4 Å². The van der Waals surface area contributed by atoms with Crippen LogP contribution in [0, 0.1) is 0 Å². The number of alkyl halides is 3. The minimum Gasteiger partial charge on any atom is -0.370 e. The van der Waals surface area contributed by atoms with Gasteiger partial charge in [0, 0.05) is 31.3 Å². The normalized spacial score (nSPS) is 11.4. The Kier molecular flexibility index (Phi) is 6.90. The van der Waals surface area contributed by atoms with Gasteiger partial charge in [-0.3, -0.25) is 0 Å². The SMILES string of the molecule is CCCc1nc(NCC)cc(NCCSC(F)(F)F)n1. The lowest BCUT2D eigenvalue weighted by molar-refractivity contribution is -0.0327. The van der Waals surface area contributed by atoms with Gasteiger partial charge in [0.1, 0.15) is 17.5 Å². The highest BCUT2D eigenvalue weighted by molar-refractivity contribution is 8.00. The third-order valence-electron chi connectivity index (χ3n) is 2.28. The first kappa shape index (κ1) is 16.9. The number of nitrogens with zero attached hydrogens (tertiary/aromatic N) is 2. The van der Waals surface area contributed by atoms with E-state index in [0.29, 0.717) is 17.5 Å². The van der Waals surface area contributed by atoms with Crippen LogP contribution in [0.15, 0.2) is 6.07 Å². The fourth-order valence-electron chi connectivity index (χ4n) is 1.54. The first-order valence-corrected chi connectivity index (χ1v) is 7.49. The molecule has 0 aliphatic rings. The molecule has 0 aliphatic carbocycles. The topological polar surface area (TPSA) is 49.8 Å². The second-order valence-corrected chi connectivity index (χ2v) is 5.22. The largest absolute Gasteiger partial charge is 0.441 e. The van der Waals surface area contributed by atoms with Gasteiger partial charge in [0.15, 0.2) is 0 Å². The van der Waals surface area contributed by atoms with Crippen LogP contribution in [0.1, 0.15) is 26.1 Å². The molecule has 8 heteroatoms. The zero-order valence-electron chi connectivity index (χ0n) is 11.5. The number of hydrogen-bond acceptors (Lipinski definition) is 5. The lowest BCUT2D eigenvalue weighted by Gasteiger charge is -2.11. The van der Waals surface area contributed by atoms with Gasteiger partial charge in [-0.2, -0.15) is 13.2 Å². The molecule has 0 unspecified atom stereocenters. The quantitative estimate of drug-likeness (QED) is 0.720. The van der Waals surface area contributed by atoms with Crippen LogP contribution in [-0.2, 0) is 6.42 Å². The number of halogens is 3. The average molecular weight is 308 g/mol. The predicted octanol–water partition coefficient (Wildman–Crippen LogP) is 3.53. The number of thioether (sulfide) groups is 1. The summed E-state index contributed by atoms with van der Waals surface area (Å²) in [5.74, 6) is 1.89. The zero-order chi connectivity index (χ0) is 15.0. The molecule has 1 aromatic heterocycles. The highest BCUT2D eigenvalue weighted by Crippen LogP contribution is 2.29. The number of rotatable bonds is 8. The standard InChI is InChI=1S/C12H19F3N4S/c1-3-5-9-18-10(16-4-2)8-11(19-9)17-6-7-20-12(13,14)15/h8H,3-7H2,1-2H3,(H2,16,17,18,19). The predicted molar refractivity (Wildman–Crippen MR) is 77.2 cm³/mol. The Balaban J connectivity index is 2.58. The molecule has 1 heterocycles. The van der Waals surface area contributed by atoms with Crippen molar-refractivity contribution in [1.82, 2.24) is 9.97 Å². The van der Waals surface area contributed by atoms with Gasteiger partial charge >= 0.3 is 5.51 Å².